The molecule has 0 unspecified atom stereocenters. The van der Waals surface area contributed by atoms with Crippen molar-refractivity contribution in [3.05, 3.63) is 28.2 Å². The van der Waals surface area contributed by atoms with Gasteiger partial charge in [-0.3, -0.25) is 4.79 Å². The summed E-state index contributed by atoms with van der Waals surface area (Å²) in [6, 6.07) is 5.82. The van der Waals surface area contributed by atoms with E-state index in [1.165, 1.54) is 0 Å². The van der Waals surface area contributed by atoms with Gasteiger partial charge in [-0.1, -0.05) is 24.7 Å². The van der Waals surface area contributed by atoms with E-state index in [-0.39, 0.29) is 5.91 Å². The van der Waals surface area contributed by atoms with Gasteiger partial charge >= 0.3 is 0 Å². The van der Waals surface area contributed by atoms with Crippen LogP contribution in [0.15, 0.2) is 22.7 Å². The molecule has 1 aliphatic rings. The minimum Gasteiger partial charge on any atom is -0.392 e. The van der Waals surface area contributed by atoms with Gasteiger partial charge in [0, 0.05) is 4.47 Å². The van der Waals surface area contributed by atoms with Gasteiger partial charge in [-0.15, -0.1) is 0 Å². The van der Waals surface area contributed by atoms with Crippen molar-refractivity contribution >= 4 is 44.7 Å². The summed E-state index contributed by atoms with van der Waals surface area (Å²) in [4.78, 5) is 12.6. The lowest BCUT2D eigenvalue weighted by atomic mass is 9.68. The van der Waals surface area contributed by atoms with E-state index in [0.29, 0.717) is 4.99 Å². The van der Waals surface area contributed by atoms with Crippen molar-refractivity contribution in [1.82, 2.24) is 0 Å². The SMILES string of the molecule is Cc1ccc(Br)c(NC(=O)C2(C(N)=S)CCC2)c1. The lowest BCUT2D eigenvalue weighted by Gasteiger charge is -2.39. The lowest BCUT2D eigenvalue weighted by Crippen LogP contribution is -2.50. The molecule has 0 radical (unpaired) electrons. The first kappa shape index (κ1) is 13.5. The Bertz CT molecular complexity index is 512. The van der Waals surface area contributed by atoms with Crippen LogP contribution in [0.1, 0.15) is 24.8 Å². The van der Waals surface area contributed by atoms with E-state index in [2.05, 4.69) is 21.2 Å². The van der Waals surface area contributed by atoms with Gasteiger partial charge in [-0.25, -0.2) is 0 Å². The average Bonchev–Trinajstić information content (AvgIpc) is 2.21. The second-order valence-corrected chi connectivity index (χ2v) is 6.03. The van der Waals surface area contributed by atoms with Crippen LogP contribution in [0, 0.1) is 12.3 Å². The monoisotopic (exact) mass is 326 g/mol. The van der Waals surface area contributed by atoms with Crippen molar-refractivity contribution in [2.75, 3.05) is 5.32 Å². The molecular weight excluding hydrogens is 312 g/mol. The topological polar surface area (TPSA) is 55.1 Å². The van der Waals surface area contributed by atoms with Crippen molar-refractivity contribution in [2.45, 2.75) is 26.2 Å². The van der Waals surface area contributed by atoms with Crippen LogP contribution in [0.4, 0.5) is 5.69 Å². The summed E-state index contributed by atoms with van der Waals surface area (Å²) >= 11 is 8.46. The van der Waals surface area contributed by atoms with Gasteiger partial charge in [0.05, 0.1) is 16.1 Å². The molecule has 96 valence electrons. The third-order valence-corrected chi connectivity index (χ3v) is 4.57. The molecule has 2 rings (SSSR count). The van der Waals surface area contributed by atoms with Crippen molar-refractivity contribution in [1.29, 1.82) is 0 Å². The van der Waals surface area contributed by atoms with Gasteiger partial charge in [0.1, 0.15) is 0 Å². The zero-order chi connectivity index (χ0) is 13.3. The maximum atomic E-state index is 12.3. The van der Waals surface area contributed by atoms with Crippen molar-refractivity contribution in [3.8, 4) is 0 Å². The molecular formula is C13H15BrN2OS. The van der Waals surface area contributed by atoms with E-state index in [4.69, 9.17) is 18.0 Å². The van der Waals surface area contributed by atoms with Crippen LogP contribution in [0.2, 0.25) is 0 Å². The van der Waals surface area contributed by atoms with E-state index >= 15 is 0 Å². The van der Waals surface area contributed by atoms with Gasteiger partial charge in [0.25, 0.3) is 0 Å². The van der Waals surface area contributed by atoms with Gasteiger partial charge < -0.3 is 11.1 Å². The molecule has 1 aromatic carbocycles. The van der Waals surface area contributed by atoms with Crippen LogP contribution in [0.25, 0.3) is 0 Å². The number of hydrogen-bond donors (Lipinski definition) is 2. The summed E-state index contributed by atoms with van der Waals surface area (Å²) in [7, 11) is 0. The summed E-state index contributed by atoms with van der Waals surface area (Å²) in [5.74, 6) is -0.0902. The molecule has 1 amide bonds. The number of anilines is 1. The van der Waals surface area contributed by atoms with Gasteiger partial charge in [-0.05, 0) is 53.4 Å². The van der Waals surface area contributed by atoms with Gasteiger partial charge in [0.15, 0.2) is 0 Å². The largest absolute Gasteiger partial charge is 0.392 e. The van der Waals surface area contributed by atoms with Crippen LogP contribution < -0.4 is 11.1 Å². The molecule has 0 atom stereocenters. The fraction of sp³-hybridized carbons (Fsp3) is 0.385. The lowest BCUT2D eigenvalue weighted by molar-refractivity contribution is -0.125. The summed E-state index contributed by atoms with van der Waals surface area (Å²) in [5.41, 5.74) is 6.93. The predicted octanol–water partition coefficient (Wildman–Crippen LogP) is 3.15. The van der Waals surface area contributed by atoms with Crippen molar-refractivity contribution < 1.29 is 4.79 Å². The smallest absolute Gasteiger partial charge is 0.237 e. The highest BCUT2D eigenvalue weighted by Gasteiger charge is 2.47. The molecule has 0 heterocycles. The number of halogens is 1. The molecule has 3 nitrogen and oxygen atoms in total. The number of nitrogens with one attached hydrogen (secondary N) is 1. The summed E-state index contributed by atoms with van der Waals surface area (Å²) in [6.07, 6.45) is 2.49. The Balaban J connectivity index is 2.21. The maximum absolute atomic E-state index is 12.3. The Hall–Kier alpha value is -0.940. The predicted molar refractivity (Wildman–Crippen MR) is 80.6 cm³/mol. The zero-order valence-corrected chi connectivity index (χ0v) is 12.5. The second kappa shape index (κ2) is 4.97. The molecule has 1 fully saturated rings. The average molecular weight is 327 g/mol. The number of thiocarbonyl (C=S) groups is 1. The molecule has 0 spiro atoms. The Labute approximate surface area is 120 Å². The highest BCUT2D eigenvalue weighted by Crippen LogP contribution is 2.42. The standard InChI is InChI=1S/C13H15BrN2OS/c1-8-3-4-9(14)10(7-8)16-12(17)13(11(15)18)5-2-6-13/h3-4,7H,2,5-6H2,1H3,(H2,15,18)(H,16,17). The van der Waals surface area contributed by atoms with Crippen LogP contribution in [0.3, 0.4) is 0 Å². The van der Waals surface area contributed by atoms with Crippen molar-refractivity contribution in [2.24, 2.45) is 11.1 Å². The Morgan fingerprint density at radius 1 is 1.50 bits per heavy atom. The second-order valence-electron chi connectivity index (χ2n) is 4.74. The van der Waals surface area contributed by atoms with Crippen molar-refractivity contribution in [3.63, 3.8) is 0 Å². The van der Waals surface area contributed by atoms with E-state index in [1.807, 2.05) is 25.1 Å². The normalized spacial score (nSPS) is 16.8. The number of rotatable bonds is 3. The quantitative estimate of drug-likeness (QED) is 0.839. The number of amides is 1. The van der Waals surface area contributed by atoms with Crippen LogP contribution >= 0.6 is 28.1 Å². The van der Waals surface area contributed by atoms with Crippen LogP contribution in [0.5, 0.6) is 0 Å². The highest BCUT2D eigenvalue weighted by molar-refractivity contribution is 9.10. The molecule has 0 bridgehead atoms. The first-order valence-electron chi connectivity index (χ1n) is 5.83. The third-order valence-electron chi connectivity index (χ3n) is 3.48. The molecule has 3 N–H and O–H groups in total. The Morgan fingerprint density at radius 2 is 2.17 bits per heavy atom. The molecule has 18 heavy (non-hydrogen) atoms. The minimum atomic E-state index is -0.640. The molecule has 0 aliphatic heterocycles. The van der Waals surface area contributed by atoms with E-state index < -0.39 is 5.41 Å². The number of carbonyl (C=O) groups is 1. The number of aryl methyl sites for hydroxylation is 1. The first-order valence-corrected chi connectivity index (χ1v) is 7.03. The first-order chi connectivity index (χ1) is 8.45. The fourth-order valence-corrected chi connectivity index (χ4v) is 2.74. The Kier molecular flexibility index (Phi) is 3.73. The summed E-state index contributed by atoms with van der Waals surface area (Å²) < 4.78 is 0.860. The van der Waals surface area contributed by atoms with Crippen LogP contribution in [-0.4, -0.2) is 10.9 Å². The fourth-order valence-electron chi connectivity index (χ4n) is 2.09. The molecule has 1 saturated carbocycles. The summed E-state index contributed by atoms with van der Waals surface area (Å²) in [6.45, 7) is 1.98. The molecule has 0 aromatic heterocycles. The third kappa shape index (κ3) is 2.29. The Morgan fingerprint density at radius 3 is 2.67 bits per heavy atom. The van der Waals surface area contributed by atoms with Gasteiger partial charge in [0.2, 0.25) is 5.91 Å². The minimum absolute atomic E-state index is 0.0902. The number of carbonyl (C=O) groups excluding carboxylic acids is 1. The molecule has 1 aromatic rings. The van der Waals surface area contributed by atoms with Gasteiger partial charge in [-0.2, -0.15) is 0 Å². The van der Waals surface area contributed by atoms with Crippen LogP contribution in [-0.2, 0) is 4.79 Å². The number of nitrogens with two attached hydrogens (primary N) is 1. The molecule has 0 saturated heterocycles. The number of hydrogen-bond acceptors (Lipinski definition) is 2. The van der Waals surface area contributed by atoms with E-state index in [1.54, 1.807) is 0 Å². The number of benzene rings is 1. The maximum Gasteiger partial charge on any atom is 0.237 e. The zero-order valence-electron chi connectivity index (χ0n) is 10.1. The molecule has 5 heteroatoms. The van der Waals surface area contributed by atoms with E-state index in [0.717, 1.165) is 35.0 Å². The molecule has 1 aliphatic carbocycles. The van der Waals surface area contributed by atoms with E-state index in [9.17, 15) is 4.79 Å². The summed E-state index contributed by atoms with van der Waals surface area (Å²) in [5, 5.41) is 2.92. The highest BCUT2D eigenvalue weighted by atomic mass is 79.9.